The van der Waals surface area contributed by atoms with E-state index in [0.717, 1.165) is 5.39 Å². The van der Waals surface area contributed by atoms with Gasteiger partial charge in [0.1, 0.15) is 5.52 Å². The first-order valence-corrected chi connectivity index (χ1v) is 7.57. The summed E-state index contributed by atoms with van der Waals surface area (Å²) in [6.45, 7) is -2.25. The second kappa shape index (κ2) is 6.09. The van der Waals surface area contributed by atoms with Gasteiger partial charge in [0.25, 0.3) is 5.91 Å². The maximum atomic E-state index is 11.6. The zero-order valence-corrected chi connectivity index (χ0v) is 12.8. The van der Waals surface area contributed by atoms with Crippen molar-refractivity contribution in [2.45, 2.75) is 18.7 Å². The van der Waals surface area contributed by atoms with Crippen molar-refractivity contribution in [1.29, 1.82) is 0 Å². The zero-order valence-electron chi connectivity index (χ0n) is 17.8. The maximum absolute atomic E-state index is 11.6. The average molecular weight is 325 g/mol. The number of rotatable bonds is 3. The molecule has 0 aliphatic carbocycles. The van der Waals surface area contributed by atoms with Crippen molar-refractivity contribution in [3.05, 3.63) is 59.8 Å². The van der Waals surface area contributed by atoms with Gasteiger partial charge in [-0.15, -0.1) is 0 Å². The second-order valence-electron chi connectivity index (χ2n) is 5.52. The summed E-state index contributed by atoms with van der Waals surface area (Å²) in [5.74, 6) is -2.23. The molecule has 4 rings (SSSR count). The number of amides is 1. The normalized spacial score (nSPS) is 36.2. The van der Waals surface area contributed by atoms with E-state index in [2.05, 4.69) is 10.4 Å². The van der Waals surface area contributed by atoms with Crippen LogP contribution in [-0.2, 0) is 0 Å². The van der Waals surface area contributed by atoms with Gasteiger partial charge in [0.15, 0.2) is 0 Å². The van der Waals surface area contributed by atoms with Crippen LogP contribution >= 0.6 is 0 Å². The molecule has 0 spiro atoms. The van der Waals surface area contributed by atoms with Gasteiger partial charge >= 0.3 is 0 Å². The summed E-state index contributed by atoms with van der Waals surface area (Å²) in [6.07, 6.45) is -0.594. The lowest BCUT2D eigenvalue weighted by molar-refractivity contribution is 0.100. The number of primary amides is 1. The number of nitrogens with zero attached hydrogens (tertiary/aromatic N) is 2. The fourth-order valence-corrected chi connectivity index (χ4v) is 2.76. The largest absolute Gasteiger partial charge is 0.366 e. The van der Waals surface area contributed by atoms with E-state index in [1.165, 1.54) is 0 Å². The van der Waals surface area contributed by atoms with Crippen LogP contribution in [0.15, 0.2) is 48.7 Å². The van der Waals surface area contributed by atoms with Gasteiger partial charge in [0, 0.05) is 25.0 Å². The van der Waals surface area contributed by atoms with Gasteiger partial charge in [0.2, 0.25) is 0 Å². The Morgan fingerprint density at radius 2 is 2.17 bits per heavy atom. The number of fused-ring (bicyclic) bond motifs is 1. The Labute approximate surface area is 147 Å². The van der Waals surface area contributed by atoms with Gasteiger partial charge in [0.05, 0.1) is 11.3 Å². The van der Waals surface area contributed by atoms with Gasteiger partial charge in [-0.1, -0.05) is 24.3 Å². The number of hydrogen-bond donors (Lipinski definition) is 2. The lowest BCUT2D eigenvalue weighted by atomic mass is 9.92. The van der Waals surface area contributed by atoms with E-state index in [4.69, 9.17) is 12.6 Å². The van der Waals surface area contributed by atoms with Crippen LogP contribution in [0.25, 0.3) is 16.6 Å². The average Bonchev–Trinajstić information content (AvgIpc) is 3.15. The van der Waals surface area contributed by atoms with Crippen LogP contribution < -0.4 is 11.1 Å². The minimum Gasteiger partial charge on any atom is -0.366 e. The minimum absolute atomic E-state index is 0.330. The molecule has 5 heteroatoms. The first-order valence-electron chi connectivity index (χ1n) is 10.4. The van der Waals surface area contributed by atoms with E-state index < -0.39 is 37.6 Å². The number of benzene rings is 2. The Hall–Kier alpha value is -2.66. The number of nitrogens with one attached hydrogen (secondary N) is 1. The molecule has 0 radical (unpaired) electrons. The highest BCUT2D eigenvalue weighted by Gasteiger charge is 2.15. The summed E-state index contributed by atoms with van der Waals surface area (Å²) in [4.78, 5) is 11.6. The molecule has 1 saturated heterocycles. The fraction of sp³-hybridized carbons (Fsp3) is 0.263. The van der Waals surface area contributed by atoms with Crippen molar-refractivity contribution < 1.29 is 11.6 Å². The SMILES string of the molecule is [2H]C1NC([2H])C([2H])(c2ccc(-n3cc4cccc(C(N)=O)c4n3)cc2)C([2H])C1[2H]. The number of carbonyl (C=O) groups excluding carboxylic acids is 1. The third-order valence-corrected chi connectivity index (χ3v) is 3.97. The lowest BCUT2D eigenvalue weighted by Crippen LogP contribution is -2.28. The first-order chi connectivity index (χ1) is 13.7. The third kappa shape index (κ3) is 2.67. The molecule has 1 aromatic heterocycles. The summed E-state index contributed by atoms with van der Waals surface area (Å²) in [7, 11) is 0. The van der Waals surface area contributed by atoms with Crippen molar-refractivity contribution in [2.75, 3.05) is 13.0 Å². The predicted octanol–water partition coefficient (Wildman–Crippen LogP) is 2.59. The zero-order chi connectivity index (χ0) is 20.9. The van der Waals surface area contributed by atoms with Crippen LogP contribution in [-0.4, -0.2) is 28.7 Å². The molecule has 5 unspecified atom stereocenters. The maximum Gasteiger partial charge on any atom is 0.250 e. The summed E-state index contributed by atoms with van der Waals surface area (Å²) >= 11 is 0. The molecule has 122 valence electrons. The molecule has 0 saturated carbocycles. The number of aromatic nitrogens is 2. The van der Waals surface area contributed by atoms with E-state index in [1.807, 2.05) is 6.07 Å². The Balaban J connectivity index is 1.71. The molecule has 1 amide bonds. The Kier molecular flexibility index (Phi) is 2.60. The molecule has 24 heavy (non-hydrogen) atoms. The molecule has 1 aliphatic rings. The van der Waals surface area contributed by atoms with Crippen LogP contribution in [0.4, 0.5) is 0 Å². The molecule has 0 bridgehead atoms. The number of hydrogen-bond acceptors (Lipinski definition) is 3. The van der Waals surface area contributed by atoms with Crippen LogP contribution in [0.1, 0.15) is 41.5 Å². The Bertz CT molecular complexity index is 1070. The van der Waals surface area contributed by atoms with E-state index in [9.17, 15) is 4.79 Å². The predicted molar refractivity (Wildman–Crippen MR) is 94.4 cm³/mol. The molecule has 1 fully saturated rings. The highest BCUT2D eigenvalue weighted by atomic mass is 16.1. The molecule has 2 aromatic carbocycles. The Morgan fingerprint density at radius 1 is 1.33 bits per heavy atom. The van der Waals surface area contributed by atoms with Crippen LogP contribution in [0, 0.1) is 0 Å². The van der Waals surface area contributed by atoms with Crippen molar-refractivity contribution in [1.82, 2.24) is 15.1 Å². The molecule has 1 aliphatic heterocycles. The smallest absolute Gasteiger partial charge is 0.250 e. The molecule has 5 nitrogen and oxygen atoms in total. The van der Waals surface area contributed by atoms with Crippen molar-refractivity contribution >= 4 is 16.8 Å². The fourth-order valence-electron chi connectivity index (χ4n) is 2.76. The monoisotopic (exact) mass is 325 g/mol. The van der Waals surface area contributed by atoms with Gasteiger partial charge in [-0.2, -0.15) is 5.10 Å². The van der Waals surface area contributed by atoms with Crippen molar-refractivity contribution in [3.8, 4) is 5.69 Å². The summed E-state index contributed by atoms with van der Waals surface area (Å²) in [5, 5.41) is 7.81. The topological polar surface area (TPSA) is 72.9 Å². The number of carbonyl (C=O) groups is 1. The highest BCUT2D eigenvalue weighted by molar-refractivity contribution is 6.04. The van der Waals surface area contributed by atoms with E-state index in [1.54, 1.807) is 47.3 Å². The first kappa shape index (κ1) is 10.3. The Morgan fingerprint density at radius 3 is 2.96 bits per heavy atom. The van der Waals surface area contributed by atoms with E-state index in [0.29, 0.717) is 22.3 Å². The van der Waals surface area contributed by atoms with Crippen molar-refractivity contribution in [2.24, 2.45) is 5.73 Å². The number of piperidine rings is 1. The minimum atomic E-state index is -1.67. The van der Waals surface area contributed by atoms with Crippen molar-refractivity contribution in [3.63, 3.8) is 0 Å². The van der Waals surface area contributed by atoms with Gasteiger partial charge in [-0.3, -0.25) is 4.79 Å². The van der Waals surface area contributed by atoms with Gasteiger partial charge in [-0.05, 0) is 49.0 Å². The van der Waals surface area contributed by atoms with Gasteiger partial charge < -0.3 is 11.1 Å². The van der Waals surface area contributed by atoms with Gasteiger partial charge in [-0.25, -0.2) is 4.68 Å². The standard InChI is InChI=1S/C19H20N4O/c20-19(24)17-5-1-3-15-12-23(22-18(15)17)16-8-6-13(7-9-16)14-4-2-10-21-11-14/h1,3,5-9,12,14,21H,2,4,10-11H2,(H2,20,24)/i2D,4D,10D,11D,14D. The number of nitrogens with two attached hydrogens (primary N) is 1. The van der Waals surface area contributed by atoms with E-state index >= 15 is 0 Å². The van der Waals surface area contributed by atoms with Crippen LogP contribution in [0.3, 0.4) is 0 Å². The second-order valence-corrected chi connectivity index (χ2v) is 5.52. The summed E-state index contributed by atoms with van der Waals surface area (Å²) in [6, 6.07) is 11.9. The molecular weight excluding hydrogens is 300 g/mol. The summed E-state index contributed by atoms with van der Waals surface area (Å²) < 4.78 is 42.5. The molecule has 3 N–H and O–H groups in total. The molecule has 3 aromatic rings. The summed E-state index contributed by atoms with van der Waals surface area (Å²) in [5.41, 5.74) is 7.34. The molecule has 5 atom stereocenters. The third-order valence-electron chi connectivity index (χ3n) is 3.97. The van der Waals surface area contributed by atoms with Crippen LogP contribution in [0.5, 0.6) is 0 Å². The quantitative estimate of drug-likeness (QED) is 0.777. The molecular formula is C19H20N4O. The highest BCUT2D eigenvalue weighted by Crippen LogP contribution is 2.25. The van der Waals surface area contributed by atoms with E-state index in [-0.39, 0.29) is 0 Å². The lowest BCUT2D eigenvalue weighted by Gasteiger charge is -2.23. The molecule has 2 heterocycles. The van der Waals surface area contributed by atoms with Crippen LogP contribution in [0.2, 0.25) is 0 Å².